The minimum atomic E-state index is 0.872. The van der Waals surface area contributed by atoms with E-state index < -0.39 is 0 Å². The van der Waals surface area contributed by atoms with E-state index in [1.165, 1.54) is 12.8 Å². The minimum absolute atomic E-state index is 0.872. The smallest absolute Gasteiger partial charge is 0.0370 e. The zero-order valence-corrected chi connectivity index (χ0v) is 6.51. The molecule has 0 atom stereocenters. The molecule has 1 saturated heterocycles. The highest BCUT2D eigenvalue weighted by Crippen LogP contribution is 2.15. The number of hydrazone groups is 1. The average Bonchev–Trinajstić information content (AvgIpc) is 1.95. The summed E-state index contributed by atoms with van der Waals surface area (Å²) in [7, 11) is 0. The van der Waals surface area contributed by atoms with Crippen LogP contribution in [0.1, 0.15) is 19.8 Å². The number of nitrogens with zero attached hydrogens (tertiary/aromatic N) is 2. The van der Waals surface area contributed by atoms with Crippen molar-refractivity contribution in [3.05, 3.63) is 6.58 Å². The lowest BCUT2D eigenvalue weighted by atomic mass is 10.0. The summed E-state index contributed by atoms with van der Waals surface area (Å²) in [5, 5.41) is 6.02. The van der Waals surface area contributed by atoms with Gasteiger partial charge in [-0.25, -0.2) is 0 Å². The van der Waals surface area contributed by atoms with E-state index in [2.05, 4.69) is 24.5 Å². The molecule has 0 aliphatic carbocycles. The summed E-state index contributed by atoms with van der Waals surface area (Å²) >= 11 is 0. The summed E-state index contributed by atoms with van der Waals surface area (Å²) in [5.74, 6) is 3.42. The molecular weight excluding hydrogens is 124 g/mol. The van der Waals surface area contributed by atoms with Crippen molar-refractivity contribution in [3.8, 4) is 0 Å². The standard InChI is InChI=1S/C8H14N2/c1-3-9-10-6-4-8(2)5-7-10/h8H,1,4-7H2,2H3. The summed E-state index contributed by atoms with van der Waals surface area (Å²) in [6, 6.07) is 0. The Balaban J connectivity index is 2.32. The molecule has 0 aromatic rings. The van der Waals surface area contributed by atoms with Crippen LogP contribution in [0.15, 0.2) is 11.7 Å². The van der Waals surface area contributed by atoms with Gasteiger partial charge in [-0.15, -0.1) is 5.10 Å². The lowest BCUT2D eigenvalue weighted by Crippen LogP contribution is -2.28. The molecule has 0 radical (unpaired) electrons. The highest BCUT2D eigenvalue weighted by atomic mass is 15.4. The van der Waals surface area contributed by atoms with Gasteiger partial charge < -0.3 is 0 Å². The number of hydrogen-bond donors (Lipinski definition) is 0. The van der Waals surface area contributed by atoms with Crippen molar-refractivity contribution >= 4 is 5.87 Å². The van der Waals surface area contributed by atoms with Gasteiger partial charge in [0, 0.05) is 19.0 Å². The number of piperidine rings is 1. The molecule has 0 aromatic heterocycles. The zero-order valence-electron chi connectivity index (χ0n) is 6.51. The third kappa shape index (κ3) is 1.89. The average molecular weight is 138 g/mol. The fourth-order valence-electron chi connectivity index (χ4n) is 1.19. The quantitative estimate of drug-likeness (QED) is 0.501. The maximum atomic E-state index is 3.99. The van der Waals surface area contributed by atoms with Gasteiger partial charge in [-0.05, 0) is 25.3 Å². The highest BCUT2D eigenvalue weighted by Gasteiger charge is 2.12. The molecule has 0 spiro atoms. The van der Waals surface area contributed by atoms with E-state index in [1.807, 2.05) is 5.01 Å². The molecule has 1 rings (SSSR count). The van der Waals surface area contributed by atoms with Crippen molar-refractivity contribution in [1.29, 1.82) is 0 Å². The Morgan fingerprint density at radius 3 is 2.60 bits per heavy atom. The summed E-state index contributed by atoms with van der Waals surface area (Å²) in [5.41, 5.74) is 0. The van der Waals surface area contributed by atoms with Gasteiger partial charge in [-0.1, -0.05) is 6.92 Å². The van der Waals surface area contributed by atoms with Crippen LogP contribution in [0.25, 0.3) is 0 Å². The SMILES string of the molecule is C=C=NN1CCC(C)CC1. The van der Waals surface area contributed by atoms with Gasteiger partial charge in [-0.2, -0.15) is 0 Å². The monoisotopic (exact) mass is 138 g/mol. The second-order valence-corrected chi connectivity index (χ2v) is 2.89. The summed E-state index contributed by atoms with van der Waals surface area (Å²) in [6.07, 6.45) is 2.51. The predicted molar refractivity (Wildman–Crippen MR) is 43.0 cm³/mol. The van der Waals surface area contributed by atoms with Crippen molar-refractivity contribution < 1.29 is 0 Å². The van der Waals surface area contributed by atoms with Crippen LogP contribution >= 0.6 is 0 Å². The van der Waals surface area contributed by atoms with Crippen molar-refractivity contribution in [2.45, 2.75) is 19.8 Å². The van der Waals surface area contributed by atoms with Crippen molar-refractivity contribution in [2.24, 2.45) is 11.0 Å². The Morgan fingerprint density at radius 2 is 2.10 bits per heavy atom. The molecule has 1 fully saturated rings. The van der Waals surface area contributed by atoms with Crippen molar-refractivity contribution in [1.82, 2.24) is 5.01 Å². The van der Waals surface area contributed by atoms with Crippen LogP contribution in [0.3, 0.4) is 0 Å². The molecule has 0 aromatic carbocycles. The van der Waals surface area contributed by atoms with E-state index >= 15 is 0 Å². The molecule has 1 heterocycles. The van der Waals surface area contributed by atoms with Crippen molar-refractivity contribution in [3.63, 3.8) is 0 Å². The van der Waals surface area contributed by atoms with E-state index in [9.17, 15) is 0 Å². The molecule has 0 saturated carbocycles. The maximum absolute atomic E-state index is 3.99. The minimum Gasteiger partial charge on any atom is -0.289 e. The predicted octanol–water partition coefficient (Wildman–Crippen LogP) is 1.49. The van der Waals surface area contributed by atoms with Gasteiger partial charge in [0.05, 0.1) is 0 Å². The Morgan fingerprint density at radius 1 is 1.50 bits per heavy atom. The van der Waals surface area contributed by atoms with E-state index in [0.29, 0.717) is 0 Å². The fraction of sp³-hybridized carbons (Fsp3) is 0.750. The topological polar surface area (TPSA) is 15.6 Å². The summed E-state index contributed by atoms with van der Waals surface area (Å²) < 4.78 is 0. The first-order valence-corrected chi connectivity index (χ1v) is 3.80. The molecule has 2 nitrogen and oxygen atoms in total. The maximum Gasteiger partial charge on any atom is 0.0370 e. The van der Waals surface area contributed by atoms with Crippen LogP contribution in [0, 0.1) is 5.92 Å². The number of rotatable bonds is 1. The van der Waals surface area contributed by atoms with Crippen LogP contribution in [0.5, 0.6) is 0 Å². The van der Waals surface area contributed by atoms with Gasteiger partial charge in [0.15, 0.2) is 0 Å². The van der Waals surface area contributed by atoms with Crippen molar-refractivity contribution in [2.75, 3.05) is 13.1 Å². The molecule has 0 unspecified atom stereocenters. The first-order chi connectivity index (χ1) is 4.83. The second-order valence-electron chi connectivity index (χ2n) is 2.89. The first kappa shape index (κ1) is 7.36. The molecule has 0 amide bonds. The third-order valence-corrected chi connectivity index (χ3v) is 1.97. The van der Waals surface area contributed by atoms with Crippen LogP contribution in [-0.4, -0.2) is 24.0 Å². The zero-order chi connectivity index (χ0) is 7.40. The number of hydrogen-bond acceptors (Lipinski definition) is 2. The second kappa shape index (κ2) is 3.43. The molecule has 2 heteroatoms. The molecule has 0 bridgehead atoms. The molecule has 56 valence electrons. The van der Waals surface area contributed by atoms with Gasteiger partial charge in [0.1, 0.15) is 0 Å². The van der Waals surface area contributed by atoms with Crippen LogP contribution < -0.4 is 0 Å². The van der Waals surface area contributed by atoms with E-state index in [4.69, 9.17) is 0 Å². The molecule has 0 N–H and O–H groups in total. The Kier molecular flexibility index (Phi) is 2.52. The van der Waals surface area contributed by atoms with Gasteiger partial charge in [-0.3, -0.25) is 5.01 Å². The largest absolute Gasteiger partial charge is 0.289 e. The Bertz CT molecular complexity index is 139. The van der Waals surface area contributed by atoms with Gasteiger partial charge >= 0.3 is 0 Å². The Labute approximate surface area is 62.2 Å². The normalized spacial score (nSPS) is 20.3. The molecule has 10 heavy (non-hydrogen) atoms. The molecule has 1 aliphatic rings. The lowest BCUT2D eigenvalue weighted by molar-refractivity contribution is 0.201. The van der Waals surface area contributed by atoms with E-state index in [-0.39, 0.29) is 0 Å². The lowest BCUT2D eigenvalue weighted by Gasteiger charge is -2.26. The summed E-state index contributed by atoms with van der Waals surface area (Å²) in [6.45, 7) is 7.87. The molecular formula is C8H14N2. The fourth-order valence-corrected chi connectivity index (χ4v) is 1.19. The van der Waals surface area contributed by atoms with Crippen LogP contribution in [0.4, 0.5) is 0 Å². The van der Waals surface area contributed by atoms with Gasteiger partial charge in [0.25, 0.3) is 0 Å². The van der Waals surface area contributed by atoms with Crippen LogP contribution in [0.2, 0.25) is 0 Å². The van der Waals surface area contributed by atoms with E-state index in [1.54, 1.807) is 0 Å². The summed E-state index contributed by atoms with van der Waals surface area (Å²) in [4.78, 5) is 0. The van der Waals surface area contributed by atoms with Crippen LogP contribution in [-0.2, 0) is 0 Å². The molecule has 1 aliphatic heterocycles. The van der Waals surface area contributed by atoms with Gasteiger partial charge in [0.2, 0.25) is 0 Å². The van der Waals surface area contributed by atoms with E-state index in [0.717, 1.165) is 19.0 Å². The third-order valence-electron chi connectivity index (χ3n) is 1.97. The highest BCUT2D eigenvalue weighted by molar-refractivity contribution is 5.45. The first-order valence-electron chi connectivity index (χ1n) is 3.80. The Hall–Kier alpha value is -0.750.